The first kappa shape index (κ1) is 14.6. The van der Waals surface area contributed by atoms with E-state index in [9.17, 15) is 0 Å². The van der Waals surface area contributed by atoms with Crippen molar-refractivity contribution in [2.75, 3.05) is 7.05 Å². The van der Waals surface area contributed by atoms with Crippen molar-refractivity contribution in [2.24, 2.45) is 5.41 Å². The monoisotopic (exact) mass is 275 g/mol. The number of hydrogen-bond donors (Lipinski definition) is 1. The molecule has 108 valence electrons. The molecule has 2 heterocycles. The van der Waals surface area contributed by atoms with Crippen molar-refractivity contribution in [3.63, 3.8) is 0 Å². The second kappa shape index (κ2) is 5.66. The molecule has 0 aliphatic carbocycles. The number of likely N-dealkylation sites (N-methyl/N-ethyl adjacent to an activating group) is 1. The van der Waals surface area contributed by atoms with Crippen LogP contribution in [0.4, 0.5) is 0 Å². The van der Waals surface area contributed by atoms with Crippen molar-refractivity contribution < 1.29 is 4.52 Å². The van der Waals surface area contributed by atoms with Crippen molar-refractivity contribution in [1.82, 2.24) is 25.4 Å². The van der Waals surface area contributed by atoms with Crippen LogP contribution in [0.1, 0.15) is 32.5 Å². The lowest BCUT2D eigenvalue weighted by molar-refractivity contribution is 0.255. The van der Waals surface area contributed by atoms with Crippen molar-refractivity contribution in [1.29, 1.82) is 0 Å². The van der Waals surface area contributed by atoms with Crippen LogP contribution in [-0.4, -0.2) is 33.2 Å². The predicted molar refractivity (Wildman–Crippen MR) is 76.1 cm³/mol. The molecule has 1 atom stereocenters. The number of nitrogens with one attached hydrogen (secondary N) is 1. The molecule has 1 N–H and O–H groups in total. The van der Waals surface area contributed by atoms with Gasteiger partial charge in [0.05, 0.1) is 0 Å². The van der Waals surface area contributed by atoms with E-state index in [4.69, 9.17) is 4.52 Å². The van der Waals surface area contributed by atoms with E-state index >= 15 is 0 Å². The largest absolute Gasteiger partial charge is 0.339 e. The molecular weight excluding hydrogens is 254 g/mol. The van der Waals surface area contributed by atoms with Crippen LogP contribution in [0.2, 0.25) is 0 Å². The first-order chi connectivity index (χ1) is 9.40. The van der Waals surface area contributed by atoms with E-state index in [0.29, 0.717) is 29.7 Å². The molecule has 0 saturated heterocycles. The van der Waals surface area contributed by atoms with Gasteiger partial charge in [-0.2, -0.15) is 4.98 Å². The minimum atomic E-state index is 0.120. The molecule has 2 rings (SSSR count). The second-order valence-corrected chi connectivity index (χ2v) is 5.91. The fourth-order valence-electron chi connectivity index (χ4n) is 2.04. The normalized spacial score (nSPS) is 13.4. The minimum Gasteiger partial charge on any atom is -0.339 e. The van der Waals surface area contributed by atoms with Gasteiger partial charge in [0.25, 0.3) is 0 Å². The van der Waals surface area contributed by atoms with Gasteiger partial charge in [0.2, 0.25) is 11.7 Å². The second-order valence-electron chi connectivity index (χ2n) is 5.91. The highest BCUT2D eigenvalue weighted by atomic mass is 16.5. The smallest absolute Gasteiger partial charge is 0.228 e. The van der Waals surface area contributed by atoms with Crippen LogP contribution in [-0.2, 0) is 6.42 Å². The standard InChI is InChI=1S/C14H21N5O/c1-9-16-7-6-10(17-9)13-18-12(20-19-13)8-11(15-5)14(2,3)4/h6-7,11,15H,8H2,1-5H3. The van der Waals surface area contributed by atoms with Crippen LogP contribution in [0.5, 0.6) is 0 Å². The summed E-state index contributed by atoms with van der Waals surface area (Å²) in [5.41, 5.74) is 0.804. The predicted octanol–water partition coefficient (Wildman–Crippen LogP) is 2.01. The molecule has 0 bridgehead atoms. The maximum absolute atomic E-state index is 5.32. The summed E-state index contributed by atoms with van der Waals surface area (Å²) in [5.74, 6) is 1.82. The molecule has 2 aromatic heterocycles. The Morgan fingerprint density at radius 3 is 2.65 bits per heavy atom. The van der Waals surface area contributed by atoms with Gasteiger partial charge < -0.3 is 9.84 Å². The van der Waals surface area contributed by atoms with Gasteiger partial charge in [-0.1, -0.05) is 25.9 Å². The van der Waals surface area contributed by atoms with Gasteiger partial charge in [0.1, 0.15) is 11.5 Å². The molecule has 0 fully saturated rings. The van der Waals surface area contributed by atoms with E-state index in [1.165, 1.54) is 0 Å². The summed E-state index contributed by atoms with van der Waals surface area (Å²) in [5, 5.41) is 7.29. The molecule has 6 nitrogen and oxygen atoms in total. The van der Waals surface area contributed by atoms with Crippen molar-refractivity contribution in [2.45, 2.75) is 40.2 Å². The van der Waals surface area contributed by atoms with Crippen molar-refractivity contribution >= 4 is 0 Å². The molecule has 0 amide bonds. The van der Waals surface area contributed by atoms with Crippen LogP contribution in [0.25, 0.3) is 11.5 Å². The molecule has 2 aromatic rings. The zero-order valence-electron chi connectivity index (χ0n) is 12.6. The Labute approximate surface area is 119 Å². The molecule has 0 aliphatic rings. The summed E-state index contributed by atoms with van der Waals surface area (Å²) >= 11 is 0. The molecule has 0 aliphatic heterocycles. The first-order valence-electron chi connectivity index (χ1n) is 6.70. The lowest BCUT2D eigenvalue weighted by Crippen LogP contribution is -2.39. The number of aromatic nitrogens is 4. The average molecular weight is 275 g/mol. The first-order valence-corrected chi connectivity index (χ1v) is 6.70. The van der Waals surface area contributed by atoms with E-state index < -0.39 is 0 Å². The van der Waals surface area contributed by atoms with E-state index in [0.717, 1.165) is 0 Å². The molecule has 20 heavy (non-hydrogen) atoms. The lowest BCUT2D eigenvalue weighted by atomic mass is 9.85. The third-order valence-corrected chi connectivity index (χ3v) is 3.25. The Kier molecular flexibility index (Phi) is 4.13. The molecule has 0 aromatic carbocycles. The third-order valence-electron chi connectivity index (χ3n) is 3.25. The summed E-state index contributed by atoms with van der Waals surface area (Å²) in [6.07, 6.45) is 2.39. The van der Waals surface area contributed by atoms with Gasteiger partial charge in [0.15, 0.2) is 0 Å². The summed E-state index contributed by atoms with van der Waals surface area (Å²) in [6, 6.07) is 2.05. The number of rotatable bonds is 4. The molecular formula is C14H21N5O. The highest BCUT2D eigenvalue weighted by Gasteiger charge is 2.25. The maximum atomic E-state index is 5.32. The van der Waals surface area contributed by atoms with Crippen LogP contribution >= 0.6 is 0 Å². The lowest BCUT2D eigenvalue weighted by Gasteiger charge is -2.29. The van der Waals surface area contributed by atoms with E-state index in [2.05, 4.69) is 46.2 Å². The zero-order chi connectivity index (χ0) is 14.8. The van der Waals surface area contributed by atoms with Crippen LogP contribution in [0.3, 0.4) is 0 Å². The SMILES string of the molecule is CNC(Cc1nc(-c2ccnc(C)n2)no1)C(C)(C)C. The highest BCUT2D eigenvalue weighted by molar-refractivity contribution is 5.46. The zero-order valence-corrected chi connectivity index (χ0v) is 12.6. The van der Waals surface area contributed by atoms with Crippen LogP contribution in [0.15, 0.2) is 16.8 Å². The van der Waals surface area contributed by atoms with Gasteiger partial charge in [-0.25, -0.2) is 9.97 Å². The fraction of sp³-hybridized carbons (Fsp3) is 0.571. The number of nitrogens with zero attached hydrogens (tertiary/aromatic N) is 4. The van der Waals surface area contributed by atoms with Gasteiger partial charge >= 0.3 is 0 Å². The highest BCUT2D eigenvalue weighted by Crippen LogP contribution is 2.22. The topological polar surface area (TPSA) is 76.7 Å². The Bertz CT molecular complexity index is 573. The van der Waals surface area contributed by atoms with Gasteiger partial charge in [0, 0.05) is 18.7 Å². The molecule has 1 unspecified atom stereocenters. The molecule has 0 saturated carbocycles. The van der Waals surface area contributed by atoms with E-state index in [1.54, 1.807) is 12.3 Å². The minimum absolute atomic E-state index is 0.120. The Hall–Kier alpha value is -1.82. The Balaban J connectivity index is 2.17. The van der Waals surface area contributed by atoms with Crippen LogP contribution in [0, 0.1) is 12.3 Å². The quantitative estimate of drug-likeness (QED) is 0.919. The average Bonchev–Trinajstić information content (AvgIpc) is 2.83. The summed E-state index contributed by atoms with van der Waals surface area (Å²) < 4.78 is 5.32. The van der Waals surface area contributed by atoms with Gasteiger partial charge in [-0.3, -0.25) is 0 Å². The summed E-state index contributed by atoms with van der Waals surface area (Å²) in [7, 11) is 1.95. The van der Waals surface area contributed by atoms with Crippen molar-refractivity contribution in [3.8, 4) is 11.5 Å². The third kappa shape index (κ3) is 3.39. The Morgan fingerprint density at radius 2 is 2.05 bits per heavy atom. The molecule has 6 heteroatoms. The van der Waals surface area contributed by atoms with Gasteiger partial charge in [-0.05, 0) is 25.5 Å². The van der Waals surface area contributed by atoms with E-state index in [-0.39, 0.29) is 11.5 Å². The summed E-state index contributed by atoms with van der Waals surface area (Å²) in [4.78, 5) is 12.8. The molecule has 0 radical (unpaired) electrons. The molecule has 0 spiro atoms. The fourth-order valence-corrected chi connectivity index (χ4v) is 2.04. The number of hydrogen-bond acceptors (Lipinski definition) is 6. The Morgan fingerprint density at radius 1 is 1.30 bits per heavy atom. The van der Waals surface area contributed by atoms with Gasteiger partial charge in [-0.15, -0.1) is 0 Å². The maximum Gasteiger partial charge on any atom is 0.228 e. The van der Waals surface area contributed by atoms with Crippen LogP contribution < -0.4 is 5.32 Å². The van der Waals surface area contributed by atoms with E-state index in [1.807, 2.05) is 14.0 Å². The summed E-state index contributed by atoms with van der Waals surface area (Å²) in [6.45, 7) is 8.37. The van der Waals surface area contributed by atoms with Crippen molar-refractivity contribution in [3.05, 3.63) is 24.0 Å². The number of aryl methyl sites for hydroxylation is 1.